The van der Waals surface area contributed by atoms with Crippen LogP contribution in [-0.4, -0.2) is 45.1 Å². The van der Waals surface area contributed by atoms with Gasteiger partial charge in [-0.1, -0.05) is 73.0 Å². The van der Waals surface area contributed by atoms with E-state index in [0.717, 1.165) is 31.2 Å². The summed E-state index contributed by atoms with van der Waals surface area (Å²) in [5.74, 6) is 0. The van der Waals surface area contributed by atoms with Crippen LogP contribution >= 0.6 is 11.6 Å². The first-order chi connectivity index (χ1) is 17.3. The number of benzene rings is 3. The number of sulfonamides is 2. The van der Waals surface area contributed by atoms with Gasteiger partial charge in [0, 0.05) is 31.2 Å². The van der Waals surface area contributed by atoms with E-state index in [9.17, 15) is 16.8 Å². The minimum absolute atomic E-state index is 0.0532. The SMILES string of the molecule is O=S(=O)(c1ccc(S(=O)(=O)N(CCc2ccccc2)Cc2ccccc2Cl)cc1)N1CCCCCC1. The highest BCUT2D eigenvalue weighted by atomic mass is 35.5. The Bertz CT molecular complexity index is 1350. The van der Waals surface area contributed by atoms with E-state index < -0.39 is 20.0 Å². The summed E-state index contributed by atoms with van der Waals surface area (Å²) in [4.78, 5) is 0.169. The minimum Gasteiger partial charge on any atom is -0.207 e. The van der Waals surface area contributed by atoms with E-state index >= 15 is 0 Å². The van der Waals surface area contributed by atoms with E-state index in [-0.39, 0.29) is 22.9 Å². The molecule has 3 aromatic rings. The van der Waals surface area contributed by atoms with Crippen LogP contribution in [0.1, 0.15) is 36.8 Å². The lowest BCUT2D eigenvalue weighted by Crippen LogP contribution is -2.33. The number of nitrogens with zero attached hydrogens (tertiary/aromatic N) is 2. The van der Waals surface area contributed by atoms with Crippen LogP contribution in [0.4, 0.5) is 0 Å². The average molecular weight is 547 g/mol. The predicted molar refractivity (Wildman–Crippen MR) is 143 cm³/mol. The molecule has 3 aromatic carbocycles. The Balaban J connectivity index is 1.60. The van der Waals surface area contributed by atoms with Crippen LogP contribution in [0.2, 0.25) is 5.02 Å². The summed E-state index contributed by atoms with van der Waals surface area (Å²) >= 11 is 6.35. The molecule has 0 radical (unpaired) electrons. The molecule has 36 heavy (non-hydrogen) atoms. The van der Waals surface area contributed by atoms with Crippen LogP contribution in [-0.2, 0) is 33.0 Å². The second-order valence-electron chi connectivity index (χ2n) is 8.96. The molecular weight excluding hydrogens is 516 g/mol. The fraction of sp³-hybridized carbons (Fsp3) is 0.333. The second kappa shape index (κ2) is 11.9. The van der Waals surface area contributed by atoms with Gasteiger partial charge >= 0.3 is 0 Å². The van der Waals surface area contributed by atoms with Gasteiger partial charge in [-0.2, -0.15) is 8.61 Å². The molecular formula is C27H31ClN2O4S2. The third-order valence-corrected chi connectivity index (χ3v) is 10.6. The van der Waals surface area contributed by atoms with Crippen LogP contribution in [0.25, 0.3) is 0 Å². The van der Waals surface area contributed by atoms with E-state index in [1.54, 1.807) is 12.1 Å². The Labute approximate surface area is 219 Å². The smallest absolute Gasteiger partial charge is 0.207 e. The molecule has 0 atom stereocenters. The zero-order chi connectivity index (χ0) is 25.6. The van der Waals surface area contributed by atoms with Crippen molar-refractivity contribution in [1.82, 2.24) is 8.61 Å². The van der Waals surface area contributed by atoms with Crippen molar-refractivity contribution in [3.05, 3.63) is 95.0 Å². The summed E-state index contributed by atoms with van der Waals surface area (Å²) in [5.41, 5.74) is 1.73. The average Bonchev–Trinajstić information content (AvgIpc) is 3.18. The zero-order valence-electron chi connectivity index (χ0n) is 20.1. The van der Waals surface area contributed by atoms with Gasteiger partial charge in [-0.05, 0) is 60.7 Å². The summed E-state index contributed by atoms with van der Waals surface area (Å²) in [7, 11) is -7.57. The standard InChI is InChI=1S/C27H31ClN2O4S2/c28-27-13-7-6-12-24(27)22-30(21-18-23-10-4-3-5-11-23)36(33,34)26-16-14-25(15-17-26)35(31,32)29-19-8-1-2-9-20-29/h3-7,10-17H,1-2,8-9,18-22H2. The molecule has 0 N–H and O–H groups in total. The zero-order valence-corrected chi connectivity index (χ0v) is 22.5. The third-order valence-electron chi connectivity index (χ3n) is 6.46. The maximum absolute atomic E-state index is 13.7. The van der Waals surface area contributed by atoms with Gasteiger partial charge in [0.15, 0.2) is 0 Å². The van der Waals surface area contributed by atoms with Crippen molar-refractivity contribution >= 4 is 31.6 Å². The van der Waals surface area contributed by atoms with Crippen molar-refractivity contribution in [2.75, 3.05) is 19.6 Å². The van der Waals surface area contributed by atoms with E-state index in [4.69, 9.17) is 11.6 Å². The van der Waals surface area contributed by atoms with E-state index in [1.165, 1.54) is 32.9 Å². The molecule has 0 aromatic heterocycles. The fourth-order valence-corrected chi connectivity index (χ4v) is 7.49. The Morgan fingerprint density at radius 3 is 1.94 bits per heavy atom. The highest BCUT2D eigenvalue weighted by molar-refractivity contribution is 7.89. The lowest BCUT2D eigenvalue weighted by atomic mass is 10.1. The molecule has 0 spiro atoms. The molecule has 1 aliphatic rings. The molecule has 1 heterocycles. The summed E-state index contributed by atoms with van der Waals surface area (Å²) in [6.45, 7) is 1.36. The lowest BCUT2D eigenvalue weighted by Gasteiger charge is -2.24. The van der Waals surface area contributed by atoms with Gasteiger partial charge in [-0.25, -0.2) is 16.8 Å². The van der Waals surface area contributed by atoms with Crippen molar-refractivity contribution in [3.8, 4) is 0 Å². The van der Waals surface area contributed by atoms with E-state index in [1.807, 2.05) is 42.5 Å². The molecule has 6 nitrogen and oxygen atoms in total. The monoisotopic (exact) mass is 546 g/mol. The largest absolute Gasteiger partial charge is 0.243 e. The van der Waals surface area contributed by atoms with Crippen LogP contribution in [0.3, 0.4) is 0 Å². The van der Waals surface area contributed by atoms with Gasteiger partial charge in [0.25, 0.3) is 0 Å². The predicted octanol–water partition coefficient (Wildman–Crippen LogP) is 5.34. The van der Waals surface area contributed by atoms with Crippen LogP contribution < -0.4 is 0 Å². The second-order valence-corrected chi connectivity index (χ2v) is 13.2. The summed E-state index contributed by atoms with van der Waals surface area (Å²) < 4.78 is 56.6. The first-order valence-corrected chi connectivity index (χ1v) is 15.4. The van der Waals surface area contributed by atoms with Gasteiger partial charge in [-0.3, -0.25) is 0 Å². The third kappa shape index (κ3) is 6.36. The Hall–Kier alpha value is -2.23. The fourth-order valence-electron chi connectivity index (χ4n) is 4.36. The maximum Gasteiger partial charge on any atom is 0.243 e. The summed E-state index contributed by atoms with van der Waals surface area (Å²) in [6.07, 6.45) is 4.25. The molecule has 0 saturated carbocycles. The van der Waals surface area contributed by atoms with Gasteiger partial charge in [0.2, 0.25) is 20.0 Å². The quantitative estimate of drug-likeness (QED) is 0.363. The number of rotatable bonds is 9. The molecule has 1 aliphatic heterocycles. The molecule has 9 heteroatoms. The highest BCUT2D eigenvalue weighted by Gasteiger charge is 2.28. The van der Waals surface area contributed by atoms with Crippen molar-refractivity contribution in [3.63, 3.8) is 0 Å². The number of hydrogen-bond acceptors (Lipinski definition) is 4. The van der Waals surface area contributed by atoms with Crippen molar-refractivity contribution in [1.29, 1.82) is 0 Å². The first-order valence-electron chi connectivity index (χ1n) is 12.2. The van der Waals surface area contributed by atoms with Crippen molar-refractivity contribution in [2.24, 2.45) is 0 Å². The maximum atomic E-state index is 13.7. The van der Waals surface area contributed by atoms with Crippen molar-refractivity contribution < 1.29 is 16.8 Å². The Morgan fingerprint density at radius 2 is 1.31 bits per heavy atom. The highest BCUT2D eigenvalue weighted by Crippen LogP contribution is 2.26. The van der Waals surface area contributed by atoms with Gasteiger partial charge in [0.1, 0.15) is 0 Å². The molecule has 1 saturated heterocycles. The van der Waals surface area contributed by atoms with Gasteiger partial charge in [-0.15, -0.1) is 0 Å². The lowest BCUT2D eigenvalue weighted by molar-refractivity contribution is 0.409. The molecule has 0 unspecified atom stereocenters. The summed E-state index contributed by atoms with van der Waals surface area (Å²) in [6, 6.07) is 22.4. The molecule has 4 rings (SSSR count). The molecule has 0 amide bonds. The van der Waals surface area contributed by atoms with E-state index in [2.05, 4.69) is 0 Å². The van der Waals surface area contributed by atoms with Gasteiger partial charge < -0.3 is 0 Å². The van der Waals surface area contributed by atoms with Crippen LogP contribution in [0.15, 0.2) is 88.7 Å². The molecule has 0 bridgehead atoms. The Kier molecular flexibility index (Phi) is 8.85. The van der Waals surface area contributed by atoms with Gasteiger partial charge in [0.05, 0.1) is 9.79 Å². The summed E-state index contributed by atoms with van der Waals surface area (Å²) in [5, 5.41) is 0.497. The molecule has 0 aliphatic carbocycles. The van der Waals surface area contributed by atoms with E-state index in [0.29, 0.717) is 30.1 Å². The first kappa shape index (κ1) is 26.8. The number of halogens is 1. The van der Waals surface area contributed by atoms with Crippen LogP contribution in [0.5, 0.6) is 0 Å². The van der Waals surface area contributed by atoms with Crippen molar-refractivity contribution in [2.45, 2.75) is 48.4 Å². The number of hydrogen-bond donors (Lipinski definition) is 0. The minimum atomic E-state index is -3.91. The van der Waals surface area contributed by atoms with Crippen LogP contribution in [0, 0.1) is 0 Å². The normalized spacial score (nSPS) is 15.6. The molecule has 1 fully saturated rings. The topological polar surface area (TPSA) is 74.8 Å². The molecule has 192 valence electrons. The Morgan fingerprint density at radius 1 is 0.722 bits per heavy atom.